The van der Waals surface area contributed by atoms with Gasteiger partial charge in [-0.05, 0) is 56.7 Å². The van der Waals surface area contributed by atoms with Gasteiger partial charge in [-0.2, -0.15) is 0 Å². The van der Waals surface area contributed by atoms with Crippen molar-refractivity contribution in [3.8, 4) is 11.5 Å². The first-order chi connectivity index (χ1) is 13.8. The summed E-state index contributed by atoms with van der Waals surface area (Å²) in [6.45, 7) is 7.92. The van der Waals surface area contributed by atoms with Gasteiger partial charge in [0.1, 0.15) is 17.1 Å². The molecule has 0 radical (unpaired) electrons. The van der Waals surface area contributed by atoms with Crippen molar-refractivity contribution in [2.45, 2.75) is 51.9 Å². The number of fused-ring (bicyclic) bond motifs is 2. The van der Waals surface area contributed by atoms with E-state index in [1.54, 1.807) is 6.92 Å². The van der Waals surface area contributed by atoms with Crippen LogP contribution in [0.15, 0.2) is 60.7 Å². The van der Waals surface area contributed by atoms with E-state index in [4.69, 9.17) is 9.47 Å². The van der Waals surface area contributed by atoms with E-state index in [9.17, 15) is 4.79 Å². The van der Waals surface area contributed by atoms with Crippen molar-refractivity contribution >= 4 is 16.7 Å². The molecule has 0 bridgehead atoms. The second-order valence-electron chi connectivity index (χ2n) is 8.44. The van der Waals surface area contributed by atoms with Gasteiger partial charge in [0.2, 0.25) is 0 Å². The molecule has 3 aromatic rings. The smallest absolute Gasteiger partial charge is 0.261 e. The maximum absolute atomic E-state index is 12.9. The highest BCUT2D eigenvalue weighted by Crippen LogP contribution is 2.40. The summed E-state index contributed by atoms with van der Waals surface area (Å²) < 4.78 is 12.0. The highest BCUT2D eigenvalue weighted by Gasteiger charge is 2.35. The maximum Gasteiger partial charge on any atom is 0.261 e. The number of amides is 1. The van der Waals surface area contributed by atoms with Crippen LogP contribution in [0, 0.1) is 6.92 Å². The summed E-state index contributed by atoms with van der Waals surface area (Å²) in [7, 11) is 0. The molecular formula is C25H27NO3. The monoisotopic (exact) mass is 389 g/mol. The quantitative estimate of drug-likeness (QED) is 0.656. The summed E-state index contributed by atoms with van der Waals surface area (Å²) in [5.41, 5.74) is 1.82. The Morgan fingerprint density at radius 3 is 2.66 bits per heavy atom. The second-order valence-corrected chi connectivity index (χ2v) is 8.44. The molecule has 0 unspecified atom stereocenters. The molecule has 1 heterocycles. The van der Waals surface area contributed by atoms with Gasteiger partial charge in [0.15, 0.2) is 6.10 Å². The highest BCUT2D eigenvalue weighted by molar-refractivity contribution is 5.84. The maximum atomic E-state index is 12.9. The summed E-state index contributed by atoms with van der Waals surface area (Å²) in [6, 6.07) is 20.0. The first-order valence-electron chi connectivity index (χ1n) is 10.1. The Labute approximate surface area is 171 Å². The average Bonchev–Trinajstić information content (AvgIpc) is 2.68. The number of carbonyl (C=O) groups is 1. The third-order valence-electron chi connectivity index (χ3n) is 5.34. The number of nitrogens with one attached hydrogen (secondary N) is 1. The van der Waals surface area contributed by atoms with Gasteiger partial charge in [-0.15, -0.1) is 0 Å². The van der Waals surface area contributed by atoms with E-state index in [2.05, 4.69) is 17.4 Å². The van der Waals surface area contributed by atoms with Gasteiger partial charge in [-0.1, -0.05) is 48.0 Å². The van der Waals surface area contributed by atoms with Crippen LogP contribution in [0.3, 0.4) is 0 Å². The Morgan fingerprint density at radius 2 is 1.86 bits per heavy atom. The lowest BCUT2D eigenvalue weighted by molar-refractivity contribution is -0.128. The third kappa shape index (κ3) is 4.21. The van der Waals surface area contributed by atoms with Gasteiger partial charge >= 0.3 is 0 Å². The van der Waals surface area contributed by atoms with Crippen LogP contribution in [0.1, 0.15) is 44.4 Å². The fourth-order valence-electron chi connectivity index (χ4n) is 3.89. The van der Waals surface area contributed by atoms with Gasteiger partial charge < -0.3 is 14.8 Å². The molecule has 0 saturated heterocycles. The molecule has 4 nitrogen and oxygen atoms in total. The van der Waals surface area contributed by atoms with Crippen LogP contribution in [-0.2, 0) is 4.79 Å². The fourth-order valence-corrected chi connectivity index (χ4v) is 3.89. The summed E-state index contributed by atoms with van der Waals surface area (Å²) in [5.74, 6) is 1.39. The number of benzene rings is 3. The van der Waals surface area contributed by atoms with E-state index in [0.29, 0.717) is 12.2 Å². The molecule has 0 fully saturated rings. The van der Waals surface area contributed by atoms with Crippen LogP contribution in [0.5, 0.6) is 11.5 Å². The van der Waals surface area contributed by atoms with Crippen molar-refractivity contribution in [2.75, 3.05) is 0 Å². The van der Waals surface area contributed by atoms with Crippen molar-refractivity contribution in [1.82, 2.24) is 5.32 Å². The molecular weight excluding hydrogens is 362 g/mol. The van der Waals surface area contributed by atoms with E-state index in [-0.39, 0.29) is 17.6 Å². The van der Waals surface area contributed by atoms with Crippen LogP contribution in [-0.4, -0.2) is 17.6 Å². The molecule has 1 aliphatic heterocycles. The van der Waals surface area contributed by atoms with Crippen molar-refractivity contribution in [2.24, 2.45) is 0 Å². The first-order valence-corrected chi connectivity index (χ1v) is 10.1. The molecule has 1 aliphatic rings. The molecule has 29 heavy (non-hydrogen) atoms. The number of rotatable bonds is 4. The van der Waals surface area contributed by atoms with Gasteiger partial charge in [0.05, 0.1) is 6.04 Å². The van der Waals surface area contributed by atoms with Gasteiger partial charge in [0.25, 0.3) is 5.91 Å². The number of hydrogen-bond acceptors (Lipinski definition) is 3. The average molecular weight is 389 g/mol. The van der Waals surface area contributed by atoms with Crippen LogP contribution < -0.4 is 14.8 Å². The largest absolute Gasteiger partial charge is 0.487 e. The summed E-state index contributed by atoms with van der Waals surface area (Å²) >= 11 is 0. The lowest BCUT2D eigenvalue weighted by Gasteiger charge is -2.38. The number of carbonyl (C=O) groups excluding carboxylic acids is 1. The Hall–Kier alpha value is -3.01. The van der Waals surface area contributed by atoms with E-state index in [0.717, 1.165) is 27.6 Å². The standard InChI is InChI=1S/C25H27NO3/c1-16-9-12-23-21(13-16)22(15-25(3,4)29-23)26-24(27)17(2)28-20-11-10-18-7-5-6-8-19(18)14-20/h5-14,17,22H,15H2,1-4H3,(H,26,27)/t17-,22+/m1/s1. The fraction of sp³-hybridized carbons (Fsp3) is 0.320. The minimum Gasteiger partial charge on any atom is -0.487 e. The molecule has 0 saturated carbocycles. The predicted molar refractivity (Wildman–Crippen MR) is 115 cm³/mol. The minimum atomic E-state index is -0.602. The van der Waals surface area contributed by atoms with E-state index < -0.39 is 6.10 Å². The highest BCUT2D eigenvalue weighted by atomic mass is 16.5. The molecule has 4 rings (SSSR count). The normalized spacial score (nSPS) is 18.4. The lowest BCUT2D eigenvalue weighted by Crippen LogP contribution is -2.44. The number of ether oxygens (including phenoxy) is 2. The Kier molecular flexibility index (Phi) is 4.95. The molecule has 2 atom stereocenters. The summed E-state index contributed by atoms with van der Waals surface area (Å²) in [6.07, 6.45) is 0.105. The molecule has 4 heteroatoms. The number of aryl methyl sites for hydroxylation is 1. The predicted octanol–water partition coefficient (Wildman–Crippen LogP) is 5.33. The van der Waals surface area contributed by atoms with Gasteiger partial charge in [-0.25, -0.2) is 0 Å². The van der Waals surface area contributed by atoms with Crippen molar-refractivity contribution in [3.63, 3.8) is 0 Å². The van der Waals surface area contributed by atoms with Crippen LogP contribution in [0.2, 0.25) is 0 Å². The van der Waals surface area contributed by atoms with Crippen LogP contribution >= 0.6 is 0 Å². The SMILES string of the molecule is Cc1ccc2c(c1)[C@@H](NC(=O)[C@@H](C)Oc1ccc3ccccc3c1)CC(C)(C)O2. The zero-order valence-corrected chi connectivity index (χ0v) is 17.4. The van der Waals surface area contributed by atoms with Crippen LogP contribution in [0.4, 0.5) is 0 Å². The van der Waals surface area contributed by atoms with Gasteiger partial charge in [-0.3, -0.25) is 4.79 Å². The molecule has 150 valence electrons. The first kappa shape index (κ1) is 19.3. The van der Waals surface area contributed by atoms with Crippen molar-refractivity contribution in [1.29, 1.82) is 0 Å². The zero-order chi connectivity index (χ0) is 20.6. The van der Waals surface area contributed by atoms with Crippen molar-refractivity contribution in [3.05, 3.63) is 71.8 Å². The topological polar surface area (TPSA) is 47.6 Å². The summed E-state index contributed by atoms with van der Waals surface area (Å²) in [4.78, 5) is 12.9. The van der Waals surface area contributed by atoms with E-state index in [1.165, 1.54) is 0 Å². The molecule has 1 N–H and O–H groups in total. The number of hydrogen-bond donors (Lipinski definition) is 1. The van der Waals surface area contributed by atoms with E-state index >= 15 is 0 Å². The summed E-state index contributed by atoms with van der Waals surface area (Å²) in [5, 5.41) is 5.41. The molecule has 1 amide bonds. The molecule has 0 aliphatic carbocycles. The van der Waals surface area contributed by atoms with Gasteiger partial charge in [0, 0.05) is 12.0 Å². The molecule has 3 aromatic carbocycles. The molecule has 0 spiro atoms. The minimum absolute atomic E-state index is 0.108. The zero-order valence-electron chi connectivity index (χ0n) is 17.4. The Bertz CT molecular complexity index is 1060. The molecule has 0 aromatic heterocycles. The van der Waals surface area contributed by atoms with E-state index in [1.807, 2.05) is 69.3 Å². The third-order valence-corrected chi connectivity index (χ3v) is 5.34. The second kappa shape index (κ2) is 7.43. The lowest BCUT2D eigenvalue weighted by atomic mass is 9.89. The van der Waals surface area contributed by atoms with Crippen molar-refractivity contribution < 1.29 is 14.3 Å². The Morgan fingerprint density at radius 1 is 1.10 bits per heavy atom. The Balaban J connectivity index is 1.50. The van der Waals surface area contributed by atoms with Crippen LogP contribution in [0.25, 0.3) is 10.8 Å².